The quantitative estimate of drug-likeness (QED) is 0.394. The summed E-state index contributed by atoms with van der Waals surface area (Å²) in [6.45, 7) is 0.756. The molecule has 4 rings (SSSR count). The van der Waals surface area contributed by atoms with Crippen molar-refractivity contribution in [3.8, 4) is 0 Å². The summed E-state index contributed by atoms with van der Waals surface area (Å²) in [5, 5.41) is 0. The van der Waals surface area contributed by atoms with Gasteiger partial charge in [-0.25, -0.2) is 14.2 Å². The van der Waals surface area contributed by atoms with Gasteiger partial charge in [-0.3, -0.25) is 14.2 Å². The molecule has 11 heteroatoms. The average Bonchev–Trinajstić information content (AvgIpc) is 3.21. The van der Waals surface area contributed by atoms with Gasteiger partial charge >= 0.3 is 17.6 Å². The number of ether oxygens (including phenoxy) is 5. The minimum absolute atomic E-state index is 0.109. The average molecular weight is 514 g/mol. The number of hydrogen-bond acceptors (Lipinski definition) is 9. The molecule has 0 aliphatic carbocycles. The number of esters is 2. The molecule has 194 valence electrons. The maximum atomic E-state index is 13.4. The van der Waals surface area contributed by atoms with E-state index in [1.54, 1.807) is 30.3 Å². The first-order valence-electron chi connectivity index (χ1n) is 12.7. The Morgan fingerprint density at radius 1 is 0.973 bits per heavy atom. The van der Waals surface area contributed by atoms with Crippen molar-refractivity contribution in [1.82, 2.24) is 9.13 Å². The number of aromatic nitrogens is 2. The van der Waals surface area contributed by atoms with Gasteiger partial charge < -0.3 is 23.7 Å². The lowest BCUT2D eigenvalue weighted by Crippen LogP contribution is -2.44. The number of benzene rings is 2. The summed E-state index contributed by atoms with van der Waals surface area (Å²) < 4.78 is 51.7. The molecule has 37 heavy (non-hydrogen) atoms. The molecule has 0 amide bonds. The van der Waals surface area contributed by atoms with Gasteiger partial charge in [0.05, 0.1) is 16.3 Å². The maximum Gasteiger partial charge on any atom is 0.338 e. The number of rotatable bonds is 9. The van der Waals surface area contributed by atoms with Crippen molar-refractivity contribution in [2.45, 2.75) is 45.0 Å². The maximum absolute atomic E-state index is 13.4. The third-order valence-corrected chi connectivity index (χ3v) is 5.52. The van der Waals surface area contributed by atoms with Gasteiger partial charge in [-0.05, 0) is 17.7 Å². The molecule has 1 unspecified atom stereocenters. The van der Waals surface area contributed by atoms with E-state index in [9.17, 15) is 19.2 Å². The first-order chi connectivity index (χ1) is 19.0. The summed E-state index contributed by atoms with van der Waals surface area (Å²) in [5.74, 6) is -1.71. The SMILES string of the molecule is [2H]C([2H])([2H])O[C@@H]1[C@H](OC(=O)c2ccccc2)C(OC(C)=O)O[C@H]1n1ccc(=O)n(COCc2ccccc2)c1=O. The Labute approximate surface area is 215 Å². The highest BCUT2D eigenvalue weighted by Crippen LogP contribution is 2.33. The number of nitrogens with zero attached hydrogens (tertiary/aromatic N) is 2. The Bertz CT molecular complexity index is 1440. The second kappa shape index (κ2) is 11.8. The van der Waals surface area contributed by atoms with E-state index < -0.39 is 61.7 Å². The lowest BCUT2D eigenvalue weighted by molar-refractivity contribution is -0.191. The van der Waals surface area contributed by atoms with Gasteiger partial charge in [0.1, 0.15) is 12.8 Å². The van der Waals surface area contributed by atoms with E-state index in [0.717, 1.165) is 33.9 Å². The van der Waals surface area contributed by atoms with Crippen LogP contribution in [0.1, 0.15) is 33.2 Å². The van der Waals surface area contributed by atoms with Crippen LogP contribution in [-0.4, -0.2) is 46.6 Å². The summed E-state index contributed by atoms with van der Waals surface area (Å²) in [4.78, 5) is 50.5. The molecule has 11 nitrogen and oxygen atoms in total. The molecule has 2 aromatic carbocycles. The monoisotopic (exact) mass is 513 g/mol. The van der Waals surface area contributed by atoms with Crippen molar-refractivity contribution in [1.29, 1.82) is 0 Å². The molecular formula is C26H26N2O9. The molecule has 1 aliphatic rings. The summed E-state index contributed by atoms with van der Waals surface area (Å²) in [6, 6.07) is 17.9. The minimum atomic E-state index is -3.04. The molecular weight excluding hydrogens is 484 g/mol. The topological polar surface area (TPSA) is 124 Å². The molecule has 0 N–H and O–H groups in total. The van der Waals surface area contributed by atoms with Crippen LogP contribution in [0, 0.1) is 0 Å². The summed E-state index contributed by atoms with van der Waals surface area (Å²) in [7, 11) is -3.04. The van der Waals surface area contributed by atoms with Gasteiger partial charge in [-0.15, -0.1) is 0 Å². The van der Waals surface area contributed by atoms with E-state index in [-0.39, 0.29) is 12.2 Å². The standard InChI is InChI=1S/C26H26N2O9/c1-17(29)35-25-22(36-24(31)19-11-7-4-8-12-19)21(33-2)23(37-25)27-14-13-20(30)28(26(27)32)16-34-15-18-9-5-3-6-10-18/h3-14,21-23,25H,15-16H2,1-2H3/t21-,22+,23-,25?/m1/s1/i2D3. The second-order valence-corrected chi connectivity index (χ2v) is 8.06. The van der Waals surface area contributed by atoms with E-state index >= 15 is 0 Å². The van der Waals surface area contributed by atoms with Crippen LogP contribution < -0.4 is 11.2 Å². The van der Waals surface area contributed by atoms with Gasteiger partial charge in [0.2, 0.25) is 6.29 Å². The second-order valence-electron chi connectivity index (χ2n) is 8.06. The smallest absolute Gasteiger partial charge is 0.338 e. The fourth-order valence-electron chi connectivity index (χ4n) is 3.78. The summed E-state index contributed by atoms with van der Waals surface area (Å²) >= 11 is 0. The van der Waals surface area contributed by atoms with Gasteiger partial charge in [-0.2, -0.15) is 0 Å². The predicted molar refractivity (Wildman–Crippen MR) is 128 cm³/mol. The van der Waals surface area contributed by atoms with E-state index in [2.05, 4.69) is 0 Å². The van der Waals surface area contributed by atoms with Crippen LogP contribution in [0.2, 0.25) is 0 Å². The Balaban J connectivity index is 1.66. The van der Waals surface area contributed by atoms with Crippen LogP contribution in [0.25, 0.3) is 0 Å². The molecule has 1 fully saturated rings. The zero-order chi connectivity index (χ0) is 28.9. The zero-order valence-corrected chi connectivity index (χ0v) is 19.7. The first kappa shape index (κ1) is 22.2. The van der Waals surface area contributed by atoms with Crippen LogP contribution in [0.5, 0.6) is 0 Å². The van der Waals surface area contributed by atoms with Crippen molar-refractivity contribution in [3.05, 3.63) is 105 Å². The van der Waals surface area contributed by atoms with Crippen LogP contribution in [-0.2, 0) is 41.8 Å². The summed E-state index contributed by atoms with van der Waals surface area (Å²) in [5.41, 5.74) is -0.684. The molecule has 3 aromatic rings. The van der Waals surface area contributed by atoms with Crippen molar-refractivity contribution in [2.75, 3.05) is 7.04 Å². The Morgan fingerprint density at radius 2 is 1.68 bits per heavy atom. The Morgan fingerprint density at radius 3 is 2.35 bits per heavy atom. The van der Waals surface area contributed by atoms with Crippen LogP contribution in [0.3, 0.4) is 0 Å². The van der Waals surface area contributed by atoms with E-state index in [1.165, 1.54) is 12.1 Å². The molecule has 0 saturated carbocycles. The van der Waals surface area contributed by atoms with E-state index in [4.69, 9.17) is 27.8 Å². The van der Waals surface area contributed by atoms with Crippen LogP contribution >= 0.6 is 0 Å². The highest BCUT2D eigenvalue weighted by Gasteiger charge is 2.51. The lowest BCUT2D eigenvalue weighted by Gasteiger charge is -2.23. The van der Waals surface area contributed by atoms with Crippen molar-refractivity contribution in [3.63, 3.8) is 0 Å². The molecule has 0 radical (unpaired) electrons. The molecule has 4 atom stereocenters. The molecule has 1 aromatic heterocycles. The highest BCUT2D eigenvalue weighted by molar-refractivity contribution is 5.89. The van der Waals surface area contributed by atoms with Crippen molar-refractivity contribution >= 4 is 11.9 Å². The Kier molecular flexibility index (Phi) is 7.06. The number of methoxy groups -OCH3 is 1. The minimum Gasteiger partial charge on any atom is -0.449 e. The zero-order valence-electron chi connectivity index (χ0n) is 22.7. The van der Waals surface area contributed by atoms with Gasteiger partial charge in [0.25, 0.3) is 5.56 Å². The third-order valence-electron chi connectivity index (χ3n) is 5.52. The molecule has 0 spiro atoms. The van der Waals surface area contributed by atoms with Crippen LogP contribution in [0.15, 0.2) is 82.5 Å². The van der Waals surface area contributed by atoms with Gasteiger partial charge in [0, 0.05) is 26.2 Å². The number of carbonyl (C=O) groups excluding carboxylic acids is 2. The number of carbonyl (C=O) groups is 2. The fourth-order valence-corrected chi connectivity index (χ4v) is 3.78. The van der Waals surface area contributed by atoms with Crippen LogP contribution in [0.4, 0.5) is 0 Å². The van der Waals surface area contributed by atoms with E-state index in [1.807, 2.05) is 18.2 Å². The predicted octanol–water partition coefficient (Wildman–Crippen LogP) is 1.84. The largest absolute Gasteiger partial charge is 0.449 e. The molecule has 2 heterocycles. The molecule has 1 aliphatic heterocycles. The van der Waals surface area contributed by atoms with E-state index in [0.29, 0.717) is 0 Å². The number of hydrogen-bond donors (Lipinski definition) is 0. The van der Waals surface area contributed by atoms with Gasteiger partial charge in [0.15, 0.2) is 12.3 Å². The summed E-state index contributed by atoms with van der Waals surface area (Å²) in [6.07, 6.45) is -5.39. The third kappa shape index (κ3) is 6.02. The fraction of sp³-hybridized carbons (Fsp3) is 0.308. The first-order valence-corrected chi connectivity index (χ1v) is 11.2. The molecule has 1 saturated heterocycles. The lowest BCUT2D eigenvalue weighted by atomic mass is 10.2. The van der Waals surface area contributed by atoms with Gasteiger partial charge in [-0.1, -0.05) is 48.5 Å². The highest BCUT2D eigenvalue weighted by atomic mass is 16.7. The van der Waals surface area contributed by atoms with Crippen molar-refractivity contribution in [2.24, 2.45) is 0 Å². The normalized spacial score (nSPS) is 22.5. The Hall–Kier alpha value is -4.06. The van der Waals surface area contributed by atoms with Crippen molar-refractivity contribution < 1.29 is 37.4 Å². The molecule has 0 bridgehead atoms.